The second-order valence-corrected chi connectivity index (χ2v) is 6.06. The van der Waals surface area contributed by atoms with Crippen LogP contribution >= 0.6 is 12.4 Å². The summed E-state index contributed by atoms with van der Waals surface area (Å²) in [6.07, 6.45) is 1.40. The smallest absolute Gasteiger partial charge is 0.315 e. The fourth-order valence-electron chi connectivity index (χ4n) is 3.22. The molecule has 3 aromatic rings. The SMILES string of the molecule is Cl.O=c1c2cc(F)cnc2n(-c2ccc(F)c(F)c2)c(=O)n1[C@H]1CCNC1. The highest BCUT2D eigenvalue weighted by Crippen LogP contribution is 2.18. The number of hydrogen-bond donors (Lipinski definition) is 1. The van der Waals surface area contributed by atoms with Crippen LogP contribution in [0.25, 0.3) is 16.7 Å². The van der Waals surface area contributed by atoms with E-state index in [2.05, 4.69) is 10.3 Å². The van der Waals surface area contributed by atoms with Gasteiger partial charge >= 0.3 is 5.69 Å². The van der Waals surface area contributed by atoms with E-state index in [-0.39, 0.29) is 29.1 Å². The van der Waals surface area contributed by atoms with Crippen LogP contribution in [0.3, 0.4) is 0 Å². The number of pyridine rings is 1. The van der Waals surface area contributed by atoms with Gasteiger partial charge in [0.15, 0.2) is 17.3 Å². The first-order chi connectivity index (χ1) is 12.5. The summed E-state index contributed by atoms with van der Waals surface area (Å²) >= 11 is 0. The summed E-state index contributed by atoms with van der Waals surface area (Å²) < 4.78 is 42.6. The van der Waals surface area contributed by atoms with Crippen molar-refractivity contribution >= 4 is 23.4 Å². The Balaban J connectivity index is 0.00000210. The van der Waals surface area contributed by atoms with Gasteiger partial charge in [-0.2, -0.15) is 0 Å². The zero-order chi connectivity index (χ0) is 18.4. The van der Waals surface area contributed by atoms with Crippen molar-refractivity contribution in [1.29, 1.82) is 0 Å². The van der Waals surface area contributed by atoms with Crippen LogP contribution in [0.5, 0.6) is 0 Å². The lowest BCUT2D eigenvalue weighted by atomic mass is 10.2. The summed E-state index contributed by atoms with van der Waals surface area (Å²) in [7, 11) is 0. The minimum atomic E-state index is -1.15. The third-order valence-corrected chi connectivity index (χ3v) is 4.45. The first-order valence-electron chi connectivity index (χ1n) is 7.96. The topological polar surface area (TPSA) is 68.9 Å². The zero-order valence-corrected chi connectivity index (χ0v) is 14.6. The van der Waals surface area contributed by atoms with Crippen LogP contribution in [-0.2, 0) is 0 Å². The van der Waals surface area contributed by atoms with E-state index in [1.54, 1.807) is 0 Å². The van der Waals surface area contributed by atoms with Crippen LogP contribution in [-0.4, -0.2) is 27.2 Å². The normalized spacial score (nSPS) is 16.5. The molecule has 1 atom stereocenters. The number of halogens is 4. The fourth-order valence-corrected chi connectivity index (χ4v) is 3.22. The average Bonchev–Trinajstić information content (AvgIpc) is 3.13. The highest BCUT2D eigenvalue weighted by molar-refractivity contribution is 5.85. The molecule has 0 amide bonds. The molecule has 10 heteroatoms. The van der Waals surface area contributed by atoms with E-state index >= 15 is 0 Å². The summed E-state index contributed by atoms with van der Waals surface area (Å²) in [5.41, 5.74) is -1.52. The van der Waals surface area contributed by atoms with E-state index in [1.165, 1.54) is 6.07 Å². The van der Waals surface area contributed by atoms with Crippen LogP contribution in [0.1, 0.15) is 12.5 Å². The van der Waals surface area contributed by atoms with Gasteiger partial charge in [-0.15, -0.1) is 12.4 Å². The molecule has 4 rings (SSSR count). The summed E-state index contributed by atoms with van der Waals surface area (Å²) in [5.74, 6) is -2.95. The molecule has 6 nitrogen and oxygen atoms in total. The highest BCUT2D eigenvalue weighted by Gasteiger charge is 2.24. The molecule has 3 heterocycles. The Kier molecular flexibility index (Phi) is 5.07. The molecule has 0 unspecified atom stereocenters. The minimum absolute atomic E-state index is 0. The van der Waals surface area contributed by atoms with E-state index in [0.717, 1.165) is 33.5 Å². The molecule has 0 bridgehead atoms. The van der Waals surface area contributed by atoms with E-state index in [0.29, 0.717) is 19.5 Å². The van der Waals surface area contributed by atoms with Gasteiger partial charge in [0, 0.05) is 12.6 Å². The number of fused-ring (bicyclic) bond motifs is 1. The summed E-state index contributed by atoms with van der Waals surface area (Å²) in [6.45, 7) is 1.03. The molecule has 1 aromatic carbocycles. The van der Waals surface area contributed by atoms with E-state index in [9.17, 15) is 22.8 Å². The molecule has 0 radical (unpaired) electrons. The van der Waals surface area contributed by atoms with Crippen molar-refractivity contribution in [3.8, 4) is 5.69 Å². The zero-order valence-electron chi connectivity index (χ0n) is 13.8. The summed E-state index contributed by atoms with van der Waals surface area (Å²) in [6, 6.07) is 3.48. The van der Waals surface area contributed by atoms with Crippen molar-refractivity contribution < 1.29 is 13.2 Å². The van der Waals surface area contributed by atoms with Gasteiger partial charge in [0.05, 0.1) is 23.3 Å². The maximum absolute atomic E-state index is 13.7. The monoisotopic (exact) mass is 398 g/mol. The molecule has 1 saturated heterocycles. The van der Waals surface area contributed by atoms with Gasteiger partial charge < -0.3 is 5.32 Å². The minimum Gasteiger partial charge on any atom is -0.315 e. The molecule has 1 aliphatic heterocycles. The molecule has 0 spiro atoms. The number of aromatic nitrogens is 3. The predicted molar refractivity (Wildman–Crippen MR) is 95.2 cm³/mol. The molecule has 1 fully saturated rings. The van der Waals surface area contributed by atoms with Crippen molar-refractivity contribution in [3.05, 3.63) is 68.8 Å². The Hall–Kier alpha value is -2.65. The van der Waals surface area contributed by atoms with E-state index in [4.69, 9.17) is 0 Å². The van der Waals surface area contributed by atoms with Crippen LogP contribution in [0.15, 0.2) is 40.1 Å². The molecule has 142 valence electrons. The lowest BCUT2D eigenvalue weighted by Gasteiger charge is -2.17. The molecule has 2 aromatic heterocycles. The quantitative estimate of drug-likeness (QED) is 0.716. The van der Waals surface area contributed by atoms with Gasteiger partial charge in [-0.1, -0.05) is 0 Å². The Morgan fingerprint density at radius 1 is 1.11 bits per heavy atom. The lowest BCUT2D eigenvalue weighted by molar-refractivity contribution is 0.495. The highest BCUT2D eigenvalue weighted by atomic mass is 35.5. The van der Waals surface area contributed by atoms with Gasteiger partial charge in [-0.3, -0.25) is 9.36 Å². The van der Waals surface area contributed by atoms with Crippen LogP contribution in [0.4, 0.5) is 13.2 Å². The second-order valence-electron chi connectivity index (χ2n) is 6.06. The third-order valence-electron chi connectivity index (χ3n) is 4.45. The van der Waals surface area contributed by atoms with Crippen LogP contribution in [0.2, 0.25) is 0 Å². The predicted octanol–water partition coefficient (Wildman–Crippen LogP) is 1.92. The third kappa shape index (κ3) is 3.13. The largest absolute Gasteiger partial charge is 0.337 e. The van der Waals surface area contributed by atoms with Gasteiger partial charge in [0.1, 0.15) is 5.82 Å². The first-order valence-corrected chi connectivity index (χ1v) is 7.96. The molecule has 0 aliphatic carbocycles. The Labute approximate surface area is 156 Å². The molecular weight excluding hydrogens is 385 g/mol. The van der Waals surface area contributed by atoms with Crippen molar-refractivity contribution in [2.24, 2.45) is 0 Å². The standard InChI is InChI=1S/C17H13F3N4O2.ClH/c18-9-5-12-15(22-7-9)23(10-1-2-13(19)14(20)6-10)17(26)24(16(12)25)11-3-4-21-8-11;/h1-2,5-7,11,21H,3-4,8H2;1H/t11-;/m0./s1. The summed E-state index contributed by atoms with van der Waals surface area (Å²) in [4.78, 5) is 29.6. The number of rotatable bonds is 2. The second kappa shape index (κ2) is 7.16. The van der Waals surface area contributed by atoms with Crippen molar-refractivity contribution in [3.63, 3.8) is 0 Å². The molecule has 1 aliphatic rings. The van der Waals surface area contributed by atoms with Crippen molar-refractivity contribution in [1.82, 2.24) is 19.4 Å². The van der Waals surface area contributed by atoms with Crippen LogP contribution in [0, 0.1) is 17.5 Å². The number of nitrogens with zero attached hydrogens (tertiary/aromatic N) is 3. The van der Waals surface area contributed by atoms with E-state index in [1.807, 2.05) is 0 Å². The van der Waals surface area contributed by atoms with Crippen molar-refractivity contribution in [2.45, 2.75) is 12.5 Å². The maximum Gasteiger partial charge on any atom is 0.337 e. The lowest BCUT2D eigenvalue weighted by Crippen LogP contribution is -2.42. The first kappa shape index (κ1) is 19.1. The Morgan fingerprint density at radius 3 is 2.56 bits per heavy atom. The van der Waals surface area contributed by atoms with Gasteiger partial charge in [-0.05, 0) is 31.2 Å². The fraction of sp³-hybridized carbons (Fsp3) is 0.235. The molecule has 27 heavy (non-hydrogen) atoms. The molecule has 0 saturated carbocycles. The molecular formula is C17H14ClF3N4O2. The maximum atomic E-state index is 13.7. The Morgan fingerprint density at radius 2 is 1.89 bits per heavy atom. The number of nitrogens with one attached hydrogen (secondary N) is 1. The van der Waals surface area contributed by atoms with Gasteiger partial charge in [0.2, 0.25) is 0 Å². The van der Waals surface area contributed by atoms with E-state index < -0.39 is 34.7 Å². The number of hydrogen-bond acceptors (Lipinski definition) is 4. The van der Waals surface area contributed by atoms with Gasteiger partial charge in [-0.25, -0.2) is 27.5 Å². The summed E-state index contributed by atoms with van der Waals surface area (Å²) in [5, 5.41) is 2.94. The van der Waals surface area contributed by atoms with Crippen molar-refractivity contribution in [2.75, 3.05) is 13.1 Å². The number of benzene rings is 1. The average molecular weight is 399 g/mol. The van der Waals surface area contributed by atoms with Crippen LogP contribution < -0.4 is 16.6 Å². The Bertz CT molecular complexity index is 1140. The van der Waals surface area contributed by atoms with Gasteiger partial charge in [0.25, 0.3) is 5.56 Å². The molecule has 1 N–H and O–H groups in total.